The molecule has 0 radical (unpaired) electrons. The van der Waals surface area contributed by atoms with E-state index in [4.69, 9.17) is 4.74 Å². The fourth-order valence-electron chi connectivity index (χ4n) is 4.20. The van der Waals surface area contributed by atoms with E-state index in [2.05, 4.69) is 23.5 Å². The zero-order valence-corrected chi connectivity index (χ0v) is 16.9. The molecule has 0 bridgehead atoms. The summed E-state index contributed by atoms with van der Waals surface area (Å²) in [6.07, 6.45) is 5.70. The summed E-state index contributed by atoms with van der Waals surface area (Å²) in [5.41, 5.74) is 1.09. The molecule has 0 atom stereocenters. The normalized spacial score (nSPS) is 21.8. The summed E-state index contributed by atoms with van der Waals surface area (Å²) in [6, 6.07) is 7.27. The van der Waals surface area contributed by atoms with Crippen molar-refractivity contribution in [3.8, 4) is 0 Å². The highest BCUT2D eigenvalue weighted by Gasteiger charge is 2.39. The molecule has 3 rings (SSSR count). The summed E-state index contributed by atoms with van der Waals surface area (Å²) in [4.78, 5) is 2.81. The average Bonchev–Trinajstić information content (AvgIpc) is 2.68. The fourth-order valence-corrected chi connectivity index (χ4v) is 5.32. The number of ether oxygens (including phenoxy) is 1. The Morgan fingerprint density at radius 1 is 1.08 bits per heavy atom. The van der Waals surface area contributed by atoms with Gasteiger partial charge in [-0.1, -0.05) is 45.2 Å². The zero-order valence-electron chi connectivity index (χ0n) is 16.0. The minimum absolute atomic E-state index is 0.0625. The Kier molecular flexibility index (Phi) is 6.38. The van der Waals surface area contributed by atoms with Gasteiger partial charge in [0, 0.05) is 25.2 Å². The van der Waals surface area contributed by atoms with Crippen molar-refractivity contribution in [2.45, 2.75) is 62.3 Å². The molecule has 0 aromatic heterocycles. The van der Waals surface area contributed by atoms with Crippen molar-refractivity contribution in [3.63, 3.8) is 0 Å². The molecule has 1 saturated heterocycles. The van der Waals surface area contributed by atoms with E-state index in [9.17, 15) is 8.42 Å². The molecule has 1 aromatic carbocycles. The first-order chi connectivity index (χ1) is 12.4. The second-order valence-corrected chi connectivity index (χ2v) is 9.70. The third kappa shape index (κ3) is 4.47. The highest BCUT2D eigenvalue weighted by atomic mass is 32.2. The molecule has 26 heavy (non-hydrogen) atoms. The summed E-state index contributed by atoms with van der Waals surface area (Å²) < 4.78 is 34.1. The van der Waals surface area contributed by atoms with Crippen molar-refractivity contribution in [1.82, 2.24) is 9.62 Å². The number of benzene rings is 1. The quantitative estimate of drug-likeness (QED) is 0.824. The van der Waals surface area contributed by atoms with Crippen molar-refractivity contribution in [2.24, 2.45) is 0 Å². The van der Waals surface area contributed by atoms with E-state index in [1.165, 1.54) is 19.3 Å². The largest absolute Gasteiger partial charge is 0.379 e. The molecule has 1 aliphatic heterocycles. The van der Waals surface area contributed by atoms with Crippen molar-refractivity contribution < 1.29 is 13.2 Å². The van der Waals surface area contributed by atoms with E-state index in [1.54, 1.807) is 12.1 Å². The fraction of sp³-hybridized carbons (Fsp3) is 0.700. The number of hydrogen-bond donors (Lipinski definition) is 1. The van der Waals surface area contributed by atoms with Crippen LogP contribution in [0.5, 0.6) is 0 Å². The third-order valence-corrected chi connectivity index (χ3v) is 7.33. The van der Waals surface area contributed by atoms with Gasteiger partial charge in [-0.05, 0) is 36.5 Å². The number of rotatable bonds is 6. The number of nitrogens with zero attached hydrogens (tertiary/aromatic N) is 1. The zero-order chi connectivity index (χ0) is 18.6. The van der Waals surface area contributed by atoms with Crippen LogP contribution >= 0.6 is 0 Å². The summed E-state index contributed by atoms with van der Waals surface area (Å²) in [7, 11) is -3.49. The minimum Gasteiger partial charge on any atom is -0.379 e. The maximum Gasteiger partial charge on any atom is 0.240 e. The molecule has 0 unspecified atom stereocenters. The topological polar surface area (TPSA) is 58.6 Å². The van der Waals surface area contributed by atoms with Gasteiger partial charge in [-0.25, -0.2) is 13.1 Å². The van der Waals surface area contributed by atoms with Crippen LogP contribution in [0, 0.1) is 0 Å². The molecular formula is C20H32N2O3S. The Morgan fingerprint density at radius 2 is 1.69 bits per heavy atom. The predicted molar refractivity (Wildman–Crippen MR) is 104 cm³/mol. The van der Waals surface area contributed by atoms with Crippen LogP contribution in [0.2, 0.25) is 0 Å². The molecule has 1 N–H and O–H groups in total. The Hall–Kier alpha value is -0.950. The van der Waals surface area contributed by atoms with E-state index < -0.39 is 10.0 Å². The number of hydrogen-bond acceptors (Lipinski definition) is 4. The van der Waals surface area contributed by atoms with Gasteiger partial charge >= 0.3 is 0 Å². The maximum atomic E-state index is 12.8. The van der Waals surface area contributed by atoms with Gasteiger partial charge in [0.15, 0.2) is 0 Å². The summed E-state index contributed by atoms with van der Waals surface area (Å²) in [6.45, 7) is 7.97. The third-order valence-electron chi connectivity index (χ3n) is 5.91. The summed E-state index contributed by atoms with van der Waals surface area (Å²) in [5.74, 6) is 0.395. The smallest absolute Gasteiger partial charge is 0.240 e. The van der Waals surface area contributed by atoms with Gasteiger partial charge in [0.2, 0.25) is 10.0 Å². The van der Waals surface area contributed by atoms with E-state index in [0.717, 1.165) is 44.7 Å². The standard InChI is InChI=1S/C20H32N2O3S/c1-17(2)18-6-8-19(9-7-18)26(23,24)21-16-20(10-4-3-5-11-20)22-12-14-25-15-13-22/h6-9,17,21H,3-5,10-16H2,1-2H3. The van der Waals surface area contributed by atoms with Crippen LogP contribution < -0.4 is 4.72 Å². The Bertz CT molecular complexity index is 674. The number of sulfonamides is 1. The van der Waals surface area contributed by atoms with Crippen LogP contribution in [-0.4, -0.2) is 51.7 Å². The summed E-state index contributed by atoms with van der Waals surface area (Å²) >= 11 is 0. The molecule has 1 aromatic rings. The number of nitrogens with one attached hydrogen (secondary N) is 1. The Labute approximate surface area is 158 Å². The molecule has 2 aliphatic rings. The van der Waals surface area contributed by atoms with Gasteiger partial charge in [-0.3, -0.25) is 4.90 Å². The minimum atomic E-state index is -3.49. The predicted octanol–water partition coefficient (Wildman–Crippen LogP) is 3.12. The lowest BCUT2D eigenvalue weighted by Gasteiger charge is -2.48. The van der Waals surface area contributed by atoms with Gasteiger partial charge in [0.1, 0.15) is 0 Å². The van der Waals surface area contributed by atoms with Gasteiger partial charge < -0.3 is 4.74 Å². The Balaban J connectivity index is 1.72. The first kappa shape index (κ1) is 19.8. The molecule has 0 spiro atoms. The molecule has 6 heteroatoms. The average molecular weight is 381 g/mol. The molecule has 5 nitrogen and oxygen atoms in total. The molecular weight excluding hydrogens is 348 g/mol. The monoisotopic (exact) mass is 380 g/mol. The van der Waals surface area contributed by atoms with E-state index >= 15 is 0 Å². The highest BCUT2D eigenvalue weighted by Crippen LogP contribution is 2.34. The van der Waals surface area contributed by atoms with Gasteiger partial charge in [0.05, 0.1) is 18.1 Å². The second-order valence-electron chi connectivity index (χ2n) is 7.93. The van der Waals surface area contributed by atoms with E-state index in [0.29, 0.717) is 17.4 Å². The second kappa shape index (κ2) is 8.38. The van der Waals surface area contributed by atoms with E-state index in [1.807, 2.05) is 12.1 Å². The maximum absolute atomic E-state index is 12.8. The first-order valence-electron chi connectivity index (χ1n) is 9.85. The van der Waals surface area contributed by atoms with Crippen molar-refractivity contribution in [1.29, 1.82) is 0 Å². The van der Waals surface area contributed by atoms with Crippen LogP contribution in [0.1, 0.15) is 57.4 Å². The van der Waals surface area contributed by atoms with Crippen molar-refractivity contribution in [2.75, 3.05) is 32.8 Å². The van der Waals surface area contributed by atoms with Crippen LogP contribution in [0.25, 0.3) is 0 Å². The van der Waals surface area contributed by atoms with Gasteiger partial charge in [0.25, 0.3) is 0 Å². The Morgan fingerprint density at radius 3 is 2.27 bits per heavy atom. The van der Waals surface area contributed by atoms with Gasteiger partial charge in [-0.2, -0.15) is 0 Å². The van der Waals surface area contributed by atoms with Gasteiger partial charge in [-0.15, -0.1) is 0 Å². The van der Waals surface area contributed by atoms with Crippen LogP contribution in [0.4, 0.5) is 0 Å². The highest BCUT2D eigenvalue weighted by molar-refractivity contribution is 7.89. The van der Waals surface area contributed by atoms with E-state index in [-0.39, 0.29) is 5.54 Å². The first-order valence-corrected chi connectivity index (χ1v) is 11.3. The lowest BCUT2D eigenvalue weighted by atomic mass is 9.80. The van der Waals surface area contributed by atoms with Crippen molar-refractivity contribution >= 4 is 10.0 Å². The molecule has 1 heterocycles. The van der Waals surface area contributed by atoms with Crippen LogP contribution in [0.3, 0.4) is 0 Å². The van der Waals surface area contributed by atoms with Crippen LogP contribution in [-0.2, 0) is 14.8 Å². The lowest BCUT2D eigenvalue weighted by molar-refractivity contribution is -0.0348. The molecule has 1 aliphatic carbocycles. The van der Waals surface area contributed by atoms with Crippen molar-refractivity contribution in [3.05, 3.63) is 29.8 Å². The molecule has 2 fully saturated rings. The lowest BCUT2D eigenvalue weighted by Crippen LogP contribution is -2.59. The molecule has 146 valence electrons. The summed E-state index contributed by atoms with van der Waals surface area (Å²) in [5, 5.41) is 0. The SMILES string of the molecule is CC(C)c1ccc(S(=O)(=O)NCC2(N3CCOCC3)CCCCC2)cc1. The van der Waals surface area contributed by atoms with Crippen LogP contribution in [0.15, 0.2) is 29.2 Å². The number of morpholine rings is 1. The molecule has 0 amide bonds. The molecule has 1 saturated carbocycles.